The monoisotopic (exact) mass is 387 g/mol. The van der Waals surface area contributed by atoms with Crippen molar-refractivity contribution < 1.29 is 21.7 Å². The summed E-state index contributed by atoms with van der Waals surface area (Å²) in [6.07, 6.45) is 2.32. The van der Waals surface area contributed by atoms with Crippen LogP contribution in [0.2, 0.25) is 0 Å². The molecule has 0 aliphatic heterocycles. The Morgan fingerprint density at radius 3 is 2.00 bits per heavy atom. The van der Waals surface area contributed by atoms with Gasteiger partial charge in [-0.25, -0.2) is 8.42 Å². The molecule has 0 unspecified atom stereocenters. The Balaban J connectivity index is 3.38. The smallest absolute Gasteiger partial charge is 0.370 e. The fraction of sp³-hybridized carbons (Fsp3) is 0.600. The van der Waals surface area contributed by atoms with Gasteiger partial charge in [0.15, 0.2) is 0 Å². The van der Waals surface area contributed by atoms with Crippen LogP contribution in [0.5, 0.6) is 0 Å². The first-order chi connectivity index (χ1) is 12.0. The summed E-state index contributed by atoms with van der Waals surface area (Å²) in [4.78, 5) is 2.27. The van der Waals surface area contributed by atoms with Crippen LogP contribution in [0.15, 0.2) is 33.7 Å². The zero-order valence-corrected chi connectivity index (χ0v) is 16.7. The fourth-order valence-electron chi connectivity index (χ4n) is 2.03. The van der Waals surface area contributed by atoms with Gasteiger partial charge >= 0.3 is 8.80 Å². The molecule has 0 amide bonds. The van der Waals surface area contributed by atoms with Crippen molar-refractivity contribution in [1.82, 2.24) is 0 Å². The molecule has 1 aromatic rings. The van der Waals surface area contributed by atoms with Crippen LogP contribution < -0.4 is 5.19 Å². The van der Waals surface area contributed by atoms with E-state index >= 15 is 0 Å². The quantitative estimate of drug-likeness (QED) is 0.237. The van der Waals surface area contributed by atoms with E-state index in [2.05, 4.69) is 9.43 Å². The number of hydrogen-bond acceptors (Lipinski definition) is 5. The van der Waals surface area contributed by atoms with Gasteiger partial charge in [0.1, 0.15) is 0 Å². The highest BCUT2D eigenvalue weighted by Gasteiger charge is 2.44. The third-order valence-corrected chi connectivity index (χ3v) is 7.03. The van der Waals surface area contributed by atoms with Crippen molar-refractivity contribution in [3.8, 4) is 0 Å². The third kappa shape index (κ3) is 6.10. The average Bonchev–Trinajstić information content (AvgIpc) is 2.61. The first-order valence-corrected chi connectivity index (χ1v) is 11.5. The number of nitrogens with zero attached hydrogens (tertiary/aromatic N) is 3. The number of sulfonamides is 1. The second kappa shape index (κ2) is 10.5. The molecule has 140 valence electrons. The summed E-state index contributed by atoms with van der Waals surface area (Å²) in [5.74, 6) is 0. The molecular formula is C15H25N3O5SSi. The van der Waals surface area contributed by atoms with Gasteiger partial charge in [0.2, 0.25) is 0 Å². The summed E-state index contributed by atoms with van der Waals surface area (Å²) in [6.45, 7) is 7.23. The largest absolute Gasteiger partial charge is 0.537 e. The Hall–Kier alpha value is -1.42. The molecule has 0 N–H and O–H groups in total. The summed E-state index contributed by atoms with van der Waals surface area (Å²) in [5, 5.41) is 0.539. The summed E-state index contributed by atoms with van der Waals surface area (Å²) in [5.41, 5.74) is 8.45. The molecule has 0 atom stereocenters. The fourth-order valence-corrected chi connectivity index (χ4v) is 5.65. The van der Waals surface area contributed by atoms with E-state index in [1.165, 1.54) is 12.1 Å². The minimum Gasteiger partial charge on any atom is -0.370 e. The molecule has 0 aliphatic rings. The second-order valence-electron chi connectivity index (χ2n) is 5.28. The Morgan fingerprint density at radius 1 is 1.04 bits per heavy atom. The maximum Gasteiger partial charge on any atom is 0.537 e. The van der Waals surface area contributed by atoms with E-state index in [1.807, 2.05) is 20.8 Å². The van der Waals surface area contributed by atoms with Crippen LogP contribution in [0.1, 0.15) is 40.0 Å². The lowest BCUT2D eigenvalue weighted by atomic mass is 10.4. The van der Waals surface area contributed by atoms with Gasteiger partial charge in [-0.1, -0.05) is 32.9 Å². The summed E-state index contributed by atoms with van der Waals surface area (Å²) >= 11 is 0. The second-order valence-corrected chi connectivity index (χ2v) is 9.42. The molecule has 0 aromatic heterocycles. The van der Waals surface area contributed by atoms with Crippen molar-refractivity contribution in [3.63, 3.8) is 0 Å². The minimum atomic E-state index is -4.09. The SMILES string of the molecule is CCCO[Si](OCCC)(OCCC)c1cccc(S(=O)(=O)N=[N+]=[N-])c1. The molecule has 0 saturated heterocycles. The van der Waals surface area contributed by atoms with E-state index in [9.17, 15) is 8.42 Å². The van der Waals surface area contributed by atoms with E-state index in [0.717, 1.165) is 19.3 Å². The van der Waals surface area contributed by atoms with Crippen molar-refractivity contribution in [1.29, 1.82) is 0 Å². The van der Waals surface area contributed by atoms with Gasteiger partial charge in [0, 0.05) is 34.4 Å². The molecule has 0 saturated carbocycles. The van der Waals surface area contributed by atoms with Gasteiger partial charge in [0.25, 0.3) is 10.0 Å². The van der Waals surface area contributed by atoms with E-state index < -0.39 is 18.8 Å². The number of azide groups is 1. The molecule has 10 heteroatoms. The zero-order chi connectivity index (χ0) is 18.8. The summed E-state index contributed by atoms with van der Waals surface area (Å²) in [6, 6.07) is 6.07. The summed E-state index contributed by atoms with van der Waals surface area (Å²) < 4.78 is 44.9. The Morgan fingerprint density at radius 2 is 1.56 bits per heavy atom. The Kier molecular flexibility index (Phi) is 9.12. The highest BCUT2D eigenvalue weighted by Crippen LogP contribution is 2.17. The standard InChI is InChI=1S/C15H25N3O5SSi/c1-4-10-21-25(22-11-5-2,23-12-6-3)15-9-7-8-14(13-15)24(19,20)18-17-16/h7-9,13H,4-6,10-12H2,1-3H3. The molecule has 0 radical (unpaired) electrons. The zero-order valence-electron chi connectivity index (χ0n) is 14.8. The molecule has 0 heterocycles. The lowest BCUT2D eigenvalue weighted by molar-refractivity contribution is 0.0731. The van der Waals surface area contributed by atoms with Crippen LogP contribution in [-0.2, 0) is 23.3 Å². The van der Waals surface area contributed by atoms with E-state index in [0.29, 0.717) is 25.0 Å². The van der Waals surface area contributed by atoms with Gasteiger partial charge in [-0.3, -0.25) is 0 Å². The highest BCUT2D eigenvalue weighted by atomic mass is 32.2. The predicted octanol–water partition coefficient (Wildman–Crippen LogP) is 3.11. The van der Waals surface area contributed by atoms with Crippen molar-refractivity contribution in [2.45, 2.75) is 44.9 Å². The minimum absolute atomic E-state index is 0.111. The number of rotatable bonds is 12. The topological polar surface area (TPSA) is 111 Å². The van der Waals surface area contributed by atoms with Crippen molar-refractivity contribution in [3.05, 3.63) is 34.7 Å². The van der Waals surface area contributed by atoms with Crippen LogP contribution in [0.4, 0.5) is 0 Å². The molecule has 0 aliphatic carbocycles. The number of benzene rings is 1. The highest BCUT2D eigenvalue weighted by molar-refractivity contribution is 7.90. The lowest BCUT2D eigenvalue weighted by Gasteiger charge is -2.30. The van der Waals surface area contributed by atoms with Gasteiger partial charge in [-0.2, -0.15) is 0 Å². The van der Waals surface area contributed by atoms with Crippen molar-refractivity contribution in [2.75, 3.05) is 19.8 Å². The van der Waals surface area contributed by atoms with Crippen molar-refractivity contribution >= 4 is 24.0 Å². The predicted molar refractivity (Wildman–Crippen MR) is 96.9 cm³/mol. The van der Waals surface area contributed by atoms with Crippen LogP contribution >= 0.6 is 0 Å². The van der Waals surface area contributed by atoms with Gasteiger partial charge in [0.05, 0.1) is 4.90 Å². The molecule has 1 aromatic carbocycles. The van der Waals surface area contributed by atoms with Crippen LogP contribution in [0.25, 0.3) is 10.4 Å². The average molecular weight is 388 g/mol. The molecule has 0 bridgehead atoms. The first kappa shape index (κ1) is 21.6. The molecule has 25 heavy (non-hydrogen) atoms. The number of hydrogen-bond donors (Lipinski definition) is 0. The molecule has 0 spiro atoms. The van der Waals surface area contributed by atoms with Gasteiger partial charge < -0.3 is 13.3 Å². The first-order valence-electron chi connectivity index (χ1n) is 8.29. The van der Waals surface area contributed by atoms with E-state index in [4.69, 9.17) is 18.8 Å². The van der Waals surface area contributed by atoms with E-state index in [1.54, 1.807) is 12.1 Å². The molecular weight excluding hydrogens is 362 g/mol. The maximum atomic E-state index is 12.0. The van der Waals surface area contributed by atoms with Gasteiger partial charge in [-0.05, 0) is 36.9 Å². The van der Waals surface area contributed by atoms with Gasteiger partial charge in [-0.15, -0.1) is 0 Å². The maximum absolute atomic E-state index is 12.0. The van der Waals surface area contributed by atoms with E-state index in [-0.39, 0.29) is 4.90 Å². The van der Waals surface area contributed by atoms with Crippen molar-refractivity contribution in [2.24, 2.45) is 4.52 Å². The summed E-state index contributed by atoms with van der Waals surface area (Å²) in [7, 11) is -7.36. The molecule has 0 fully saturated rings. The van der Waals surface area contributed by atoms with Crippen LogP contribution in [0, 0.1) is 0 Å². The molecule has 8 nitrogen and oxygen atoms in total. The van der Waals surface area contributed by atoms with Crippen LogP contribution in [-0.4, -0.2) is 37.0 Å². The Labute approximate surface area is 150 Å². The lowest BCUT2D eigenvalue weighted by Crippen LogP contribution is -2.57. The normalized spacial score (nSPS) is 12.0. The van der Waals surface area contributed by atoms with Crippen LogP contribution in [0.3, 0.4) is 0 Å². The Bertz CT molecular complexity index is 670. The molecule has 1 rings (SSSR count). The third-order valence-electron chi connectivity index (χ3n) is 3.12.